The third-order valence-corrected chi connectivity index (χ3v) is 7.84. The van der Waals surface area contributed by atoms with E-state index in [-0.39, 0.29) is 31.7 Å². The average Bonchev–Trinajstić information content (AvgIpc) is 3.44. The van der Waals surface area contributed by atoms with Crippen molar-refractivity contribution < 1.29 is 29.6 Å². The maximum absolute atomic E-state index is 14.4. The SMILES string of the molecule is Cc1[c-]c(-c2nccc3cc(F)c4ccccc4c23)cc(C)c1.Oc1ccccc1-c1nc2ccccc2n1-c1ccccc1.[Ir]. The van der Waals surface area contributed by atoms with E-state index in [4.69, 9.17) is 4.98 Å². The Morgan fingerprint density at radius 1 is 0.739 bits per heavy atom. The second-order valence-electron chi connectivity index (χ2n) is 11.0. The molecule has 0 amide bonds. The van der Waals surface area contributed by atoms with Crippen LogP contribution >= 0.6 is 0 Å². The molecule has 0 aliphatic heterocycles. The molecule has 46 heavy (non-hydrogen) atoms. The maximum atomic E-state index is 14.4. The number of fused-ring (bicyclic) bond motifs is 4. The van der Waals surface area contributed by atoms with Crippen molar-refractivity contribution in [2.24, 2.45) is 0 Å². The van der Waals surface area contributed by atoms with Gasteiger partial charge in [-0.15, -0.1) is 34.9 Å². The molecular formula is C40H29FIrN3O-. The van der Waals surface area contributed by atoms with Crippen LogP contribution in [0, 0.1) is 25.7 Å². The van der Waals surface area contributed by atoms with E-state index in [0.29, 0.717) is 5.39 Å². The van der Waals surface area contributed by atoms with Crippen LogP contribution < -0.4 is 0 Å². The Labute approximate surface area is 280 Å². The van der Waals surface area contributed by atoms with Gasteiger partial charge in [0.25, 0.3) is 0 Å². The number of aromatic nitrogens is 3. The standard InChI is InChI=1S/C21H15FN.C19H14N2O.Ir/c1-13-9-14(2)11-16(10-13)21-20-15(7-8-23-21)12-19(22)17-5-3-4-6-18(17)20;22-18-13-7-4-10-15(18)19-20-16-11-5-6-12-17(16)21(19)14-8-2-1-3-9-14;/h3-10,12H,1-2H3;1-13,22H;/q-1;;. The number of pyridine rings is 1. The van der Waals surface area contributed by atoms with E-state index in [1.54, 1.807) is 18.3 Å². The Hall–Kier alpha value is -5.16. The van der Waals surface area contributed by atoms with Gasteiger partial charge in [-0.2, -0.15) is 0 Å². The Bertz CT molecular complexity index is 2310. The van der Waals surface area contributed by atoms with Crippen molar-refractivity contribution in [2.45, 2.75) is 13.8 Å². The van der Waals surface area contributed by atoms with Crippen molar-refractivity contribution in [1.29, 1.82) is 0 Å². The molecular weight excluding hydrogens is 750 g/mol. The van der Waals surface area contributed by atoms with Gasteiger partial charge in [-0.05, 0) is 70.4 Å². The van der Waals surface area contributed by atoms with Gasteiger partial charge in [-0.25, -0.2) is 9.37 Å². The van der Waals surface area contributed by atoms with E-state index in [0.717, 1.165) is 61.1 Å². The quantitative estimate of drug-likeness (QED) is 0.144. The van der Waals surface area contributed by atoms with Gasteiger partial charge in [-0.1, -0.05) is 80.6 Å². The third kappa shape index (κ3) is 5.81. The zero-order valence-electron chi connectivity index (χ0n) is 25.2. The number of aromatic hydroxyl groups is 1. The normalized spacial score (nSPS) is 10.8. The summed E-state index contributed by atoms with van der Waals surface area (Å²) in [5, 5.41) is 13.6. The predicted molar refractivity (Wildman–Crippen MR) is 181 cm³/mol. The fourth-order valence-electron chi connectivity index (χ4n) is 5.94. The molecule has 6 aromatic carbocycles. The summed E-state index contributed by atoms with van der Waals surface area (Å²) in [5.74, 6) is 0.773. The topological polar surface area (TPSA) is 50.9 Å². The van der Waals surface area contributed by atoms with Crippen LogP contribution in [0.2, 0.25) is 0 Å². The molecule has 227 valence electrons. The van der Waals surface area contributed by atoms with Crippen LogP contribution in [0.3, 0.4) is 0 Å². The van der Waals surface area contributed by atoms with Crippen molar-refractivity contribution in [3.05, 3.63) is 157 Å². The molecule has 6 heteroatoms. The number of rotatable bonds is 3. The predicted octanol–water partition coefficient (Wildman–Crippen LogP) is 10.0. The van der Waals surface area contributed by atoms with Crippen LogP contribution in [0.4, 0.5) is 4.39 Å². The smallest absolute Gasteiger partial charge is 0.149 e. The second-order valence-corrected chi connectivity index (χ2v) is 11.0. The maximum Gasteiger partial charge on any atom is 0.149 e. The Morgan fingerprint density at radius 3 is 2.22 bits per heavy atom. The molecule has 0 atom stereocenters. The van der Waals surface area contributed by atoms with Gasteiger partial charge in [-0.3, -0.25) is 4.57 Å². The zero-order valence-corrected chi connectivity index (χ0v) is 27.6. The van der Waals surface area contributed by atoms with E-state index in [1.807, 2.05) is 110 Å². The Balaban J connectivity index is 0.000000158. The first kappa shape index (κ1) is 30.8. The van der Waals surface area contributed by atoms with E-state index < -0.39 is 0 Å². The number of benzene rings is 6. The number of hydrogen-bond acceptors (Lipinski definition) is 3. The number of phenols is 1. The number of imidazole rings is 1. The summed E-state index contributed by atoms with van der Waals surface area (Å²) >= 11 is 0. The molecule has 4 nitrogen and oxygen atoms in total. The number of nitrogens with zero attached hydrogens (tertiary/aromatic N) is 3. The van der Waals surface area contributed by atoms with Crippen LogP contribution in [-0.2, 0) is 20.1 Å². The van der Waals surface area contributed by atoms with Gasteiger partial charge in [0, 0.05) is 37.4 Å². The monoisotopic (exact) mass is 779 g/mol. The minimum atomic E-state index is -0.199. The Morgan fingerprint density at radius 2 is 1.43 bits per heavy atom. The van der Waals surface area contributed by atoms with Crippen molar-refractivity contribution in [2.75, 3.05) is 0 Å². The van der Waals surface area contributed by atoms with Gasteiger partial charge >= 0.3 is 0 Å². The third-order valence-electron chi connectivity index (χ3n) is 7.84. The number of aryl methyl sites for hydroxylation is 2. The summed E-state index contributed by atoms with van der Waals surface area (Å²) in [4.78, 5) is 9.31. The van der Waals surface area contributed by atoms with Gasteiger partial charge in [0.15, 0.2) is 0 Å². The zero-order chi connectivity index (χ0) is 30.9. The summed E-state index contributed by atoms with van der Waals surface area (Å²) in [7, 11) is 0. The van der Waals surface area contributed by atoms with Crippen LogP contribution in [0.5, 0.6) is 5.75 Å². The fraction of sp³-hybridized carbons (Fsp3) is 0.0500. The van der Waals surface area contributed by atoms with Crippen LogP contribution in [-0.4, -0.2) is 19.6 Å². The molecule has 0 aliphatic carbocycles. The minimum Gasteiger partial charge on any atom is -0.507 e. The van der Waals surface area contributed by atoms with Crippen LogP contribution in [0.15, 0.2) is 134 Å². The molecule has 0 aliphatic rings. The second kappa shape index (κ2) is 13.1. The molecule has 2 aromatic heterocycles. The molecule has 0 fully saturated rings. The molecule has 8 aromatic rings. The van der Waals surface area contributed by atoms with Gasteiger partial charge in [0.05, 0.1) is 16.6 Å². The summed E-state index contributed by atoms with van der Waals surface area (Å²) in [6.07, 6.45) is 1.73. The number of para-hydroxylation sites is 4. The molecule has 2 heterocycles. The molecule has 0 unspecified atom stereocenters. The first-order chi connectivity index (χ1) is 22.0. The molecule has 0 bridgehead atoms. The summed E-state index contributed by atoms with van der Waals surface area (Å²) < 4.78 is 16.4. The van der Waals surface area contributed by atoms with Gasteiger partial charge < -0.3 is 10.1 Å². The first-order valence-corrected chi connectivity index (χ1v) is 14.8. The van der Waals surface area contributed by atoms with E-state index in [9.17, 15) is 9.50 Å². The van der Waals surface area contributed by atoms with E-state index in [1.165, 1.54) is 5.56 Å². The molecule has 1 N–H and O–H groups in total. The first-order valence-electron chi connectivity index (χ1n) is 14.8. The van der Waals surface area contributed by atoms with Crippen LogP contribution in [0.1, 0.15) is 11.1 Å². The molecule has 0 saturated carbocycles. The van der Waals surface area contributed by atoms with Gasteiger partial charge in [0.2, 0.25) is 0 Å². The molecule has 8 rings (SSSR count). The fourth-order valence-corrected chi connectivity index (χ4v) is 5.94. The van der Waals surface area contributed by atoms with Crippen molar-refractivity contribution in [3.63, 3.8) is 0 Å². The number of phenolic OH excluding ortho intramolecular Hbond substituents is 1. The number of halogens is 1. The Kier molecular flexibility index (Phi) is 8.76. The van der Waals surface area contributed by atoms with E-state index >= 15 is 0 Å². The summed E-state index contributed by atoms with van der Waals surface area (Å²) in [6.45, 7) is 4.09. The molecule has 0 spiro atoms. The number of hydrogen-bond donors (Lipinski definition) is 1. The summed E-state index contributed by atoms with van der Waals surface area (Å²) in [5.41, 5.74) is 7.72. The van der Waals surface area contributed by atoms with Crippen molar-refractivity contribution in [1.82, 2.24) is 14.5 Å². The molecule has 0 saturated heterocycles. The van der Waals surface area contributed by atoms with E-state index in [2.05, 4.69) is 34.7 Å². The summed E-state index contributed by atoms with van der Waals surface area (Å²) in [6, 6.07) is 43.9. The van der Waals surface area contributed by atoms with Crippen molar-refractivity contribution >= 4 is 32.6 Å². The van der Waals surface area contributed by atoms with Crippen molar-refractivity contribution in [3.8, 4) is 34.1 Å². The van der Waals surface area contributed by atoms with Gasteiger partial charge in [0.1, 0.15) is 17.4 Å². The minimum absolute atomic E-state index is 0. The largest absolute Gasteiger partial charge is 0.507 e. The van der Waals surface area contributed by atoms with Crippen LogP contribution in [0.25, 0.3) is 60.9 Å². The average molecular weight is 779 g/mol. The molecule has 1 radical (unpaired) electrons.